The van der Waals surface area contributed by atoms with Crippen molar-refractivity contribution in [3.8, 4) is 44.8 Å². The van der Waals surface area contributed by atoms with Gasteiger partial charge >= 0.3 is 0 Å². The number of aromatic nitrogens is 3. The first-order valence-corrected chi connectivity index (χ1v) is 27.4. The molecule has 0 unspecified atom stereocenters. The van der Waals surface area contributed by atoms with Gasteiger partial charge in [0.15, 0.2) is 0 Å². The summed E-state index contributed by atoms with van der Waals surface area (Å²) in [7, 11) is 0. The van der Waals surface area contributed by atoms with Gasteiger partial charge in [-0.15, -0.1) is 0 Å². The Morgan fingerprint density at radius 2 is 0.844 bits per heavy atom. The van der Waals surface area contributed by atoms with Crippen molar-refractivity contribution in [3.05, 3.63) is 260 Å². The highest BCUT2D eigenvalue weighted by Gasteiger charge is 2.21. The molecule has 2 aliphatic carbocycles. The number of hydrogen-bond donors (Lipinski definition) is 0. The van der Waals surface area contributed by atoms with Crippen molar-refractivity contribution in [2.75, 3.05) is 4.90 Å². The number of anilines is 1. The highest BCUT2D eigenvalue weighted by molar-refractivity contribution is 6.15. The van der Waals surface area contributed by atoms with Gasteiger partial charge in [-0.3, -0.25) is 0 Å². The first kappa shape index (κ1) is 45.0. The average Bonchev–Trinajstić information content (AvgIpc) is 4.24. The van der Waals surface area contributed by atoms with Gasteiger partial charge in [-0.2, -0.15) is 0 Å². The molecule has 0 saturated carbocycles. The van der Waals surface area contributed by atoms with Crippen molar-refractivity contribution in [1.82, 2.24) is 13.7 Å². The molecule has 0 atom stereocenters. The molecule has 368 valence electrons. The van der Waals surface area contributed by atoms with Gasteiger partial charge in [0.05, 0.1) is 33.1 Å². The Labute approximate surface area is 449 Å². The van der Waals surface area contributed by atoms with Crippen LogP contribution in [0.5, 0.6) is 0 Å². The predicted molar refractivity (Wildman–Crippen MR) is 328 cm³/mol. The van der Waals surface area contributed by atoms with Crippen LogP contribution < -0.4 is 4.90 Å². The second-order valence-corrected chi connectivity index (χ2v) is 21.3. The molecule has 14 bridgehead atoms. The Hall–Kier alpha value is -9.38. The Morgan fingerprint density at radius 3 is 1.29 bits per heavy atom. The van der Waals surface area contributed by atoms with Gasteiger partial charge in [-0.25, -0.2) is 0 Å². The Bertz CT molecular complexity index is 4560. The molecule has 9 aromatic carbocycles. The Morgan fingerprint density at radius 1 is 0.403 bits per heavy atom. The highest BCUT2D eigenvalue weighted by atomic mass is 15.1. The fraction of sp³-hybridized carbons (Fsp3) is 0.0959. The van der Waals surface area contributed by atoms with Crippen LogP contribution in [-0.2, 0) is 0 Å². The van der Waals surface area contributed by atoms with Crippen molar-refractivity contribution in [2.45, 2.75) is 45.4 Å². The minimum Gasteiger partial charge on any atom is -0.318 e. The van der Waals surface area contributed by atoms with Crippen molar-refractivity contribution in [3.63, 3.8) is 0 Å². The molecule has 4 aliphatic rings. The van der Waals surface area contributed by atoms with Crippen LogP contribution in [0.1, 0.15) is 51.0 Å². The van der Waals surface area contributed by atoms with Crippen LogP contribution >= 0.6 is 0 Å². The van der Waals surface area contributed by atoms with Crippen LogP contribution in [0.25, 0.3) is 121 Å². The molecule has 0 spiro atoms. The number of hydrogen-bond acceptors (Lipinski definition) is 1. The molecule has 16 rings (SSSR count). The normalized spacial score (nSPS) is 15.5. The van der Waals surface area contributed by atoms with Gasteiger partial charge in [-0.05, 0) is 211 Å². The summed E-state index contributed by atoms with van der Waals surface area (Å²) in [6.45, 7) is 6.50. The lowest BCUT2D eigenvalue weighted by atomic mass is 9.97. The van der Waals surface area contributed by atoms with E-state index in [1.54, 1.807) is 0 Å². The van der Waals surface area contributed by atoms with Gasteiger partial charge in [0.1, 0.15) is 0 Å². The zero-order chi connectivity index (χ0) is 51.1. The second-order valence-electron chi connectivity index (χ2n) is 21.3. The summed E-state index contributed by atoms with van der Waals surface area (Å²) in [5.74, 6) is 0. The molecule has 0 fully saturated rings. The van der Waals surface area contributed by atoms with E-state index in [9.17, 15) is 0 Å². The summed E-state index contributed by atoms with van der Waals surface area (Å²) in [5.41, 5.74) is 23.6. The number of benzene rings is 9. The van der Waals surface area contributed by atoms with Gasteiger partial charge in [0, 0.05) is 67.0 Å². The molecular weight excluding hydrogens is 933 g/mol. The van der Waals surface area contributed by atoms with Gasteiger partial charge < -0.3 is 18.6 Å². The quantitative estimate of drug-likeness (QED) is 0.168. The van der Waals surface area contributed by atoms with Crippen LogP contribution in [0.2, 0.25) is 0 Å². The number of rotatable bonds is 5. The molecule has 0 N–H and O–H groups in total. The molecule has 0 radical (unpaired) electrons. The maximum atomic E-state index is 4.41. The lowest BCUT2D eigenvalue weighted by Crippen LogP contribution is -2.15. The molecule has 4 nitrogen and oxygen atoms in total. The van der Waals surface area contributed by atoms with Crippen molar-refractivity contribution < 1.29 is 0 Å². The zero-order valence-corrected chi connectivity index (χ0v) is 43.3. The molecule has 5 heterocycles. The maximum Gasteiger partial charge on any atom is 0.0541 e. The maximum absolute atomic E-state index is 4.41. The third-order valence-electron chi connectivity index (χ3n) is 16.4. The van der Waals surface area contributed by atoms with Crippen molar-refractivity contribution >= 4 is 82.4 Å². The van der Waals surface area contributed by atoms with Gasteiger partial charge in [-0.1, -0.05) is 121 Å². The van der Waals surface area contributed by atoms with Gasteiger partial charge in [0.25, 0.3) is 0 Å². The van der Waals surface area contributed by atoms with E-state index in [-0.39, 0.29) is 0 Å². The molecule has 77 heavy (non-hydrogen) atoms. The van der Waals surface area contributed by atoms with E-state index in [2.05, 4.69) is 269 Å². The Kier molecular flexibility index (Phi) is 10.6. The summed E-state index contributed by atoms with van der Waals surface area (Å²) in [5, 5.41) is 7.42. The van der Waals surface area contributed by atoms with Crippen LogP contribution in [0, 0.1) is 0 Å². The van der Waals surface area contributed by atoms with E-state index in [0.29, 0.717) is 0 Å². The monoisotopic (exact) mass is 988 g/mol. The molecule has 12 aromatic rings. The SMILES string of the molecule is C=C(C)/C=C1\C=C/N(C2=CCCC=C2)c2ccc(cc2)-c2ccc3c(c2)c2cc(ccc2n3-c2ccccc2)-c2ccc3c(c2)c2cc(ccc2n3-c2ccccc2)-c2ccc3c(c2)c2cc1ccc2n3C1=CCCCC1. The first-order valence-electron chi connectivity index (χ1n) is 27.4. The number of nitrogens with zero attached hydrogens (tertiary/aromatic N) is 4. The minimum atomic E-state index is 1.00. The third-order valence-corrected chi connectivity index (χ3v) is 16.4. The average molecular weight is 989 g/mol. The lowest BCUT2D eigenvalue weighted by molar-refractivity contribution is 0.724. The van der Waals surface area contributed by atoms with E-state index in [1.807, 2.05) is 0 Å². The van der Waals surface area contributed by atoms with Crippen molar-refractivity contribution in [2.24, 2.45) is 0 Å². The molecule has 2 aliphatic heterocycles. The smallest absolute Gasteiger partial charge is 0.0541 e. The van der Waals surface area contributed by atoms with Crippen LogP contribution in [0.3, 0.4) is 0 Å². The number of allylic oxidation sites excluding steroid dienone is 9. The van der Waals surface area contributed by atoms with E-state index in [0.717, 1.165) is 59.5 Å². The van der Waals surface area contributed by atoms with Crippen molar-refractivity contribution in [1.29, 1.82) is 0 Å². The summed E-state index contributed by atoms with van der Waals surface area (Å²) in [6.07, 6.45) is 22.8. The fourth-order valence-electron chi connectivity index (χ4n) is 12.8. The molecule has 4 heteroatoms. The Balaban J connectivity index is 1.00. The van der Waals surface area contributed by atoms with E-state index < -0.39 is 0 Å². The third kappa shape index (κ3) is 7.58. The number of para-hydroxylation sites is 2. The lowest BCUT2D eigenvalue weighted by Gasteiger charge is -2.24. The fourth-order valence-corrected chi connectivity index (χ4v) is 12.8. The molecule has 0 saturated heterocycles. The largest absolute Gasteiger partial charge is 0.318 e. The molecular formula is C73H56N4. The summed E-state index contributed by atoms with van der Waals surface area (Å²) < 4.78 is 7.40. The van der Waals surface area contributed by atoms with Gasteiger partial charge in [0.2, 0.25) is 0 Å². The van der Waals surface area contributed by atoms with Crippen LogP contribution in [0.4, 0.5) is 5.69 Å². The summed E-state index contributed by atoms with van der Waals surface area (Å²) in [6, 6.07) is 73.2. The first-order chi connectivity index (χ1) is 38.0. The van der Waals surface area contributed by atoms with E-state index in [1.165, 1.54) is 123 Å². The minimum absolute atomic E-state index is 1.00. The summed E-state index contributed by atoms with van der Waals surface area (Å²) in [4.78, 5) is 2.34. The predicted octanol–water partition coefficient (Wildman–Crippen LogP) is 19.9. The zero-order valence-electron chi connectivity index (χ0n) is 43.3. The van der Waals surface area contributed by atoms with E-state index >= 15 is 0 Å². The van der Waals surface area contributed by atoms with Crippen LogP contribution in [0.15, 0.2) is 255 Å². The summed E-state index contributed by atoms with van der Waals surface area (Å²) >= 11 is 0. The standard InChI is InChI=1S/C73H56N4/c1-48(2)41-56-39-40-74(57-15-7-3-8-16-57)58-31-23-49(24-32-58)50-25-33-68-62(42-50)63-43-51(26-34-69(63)75(68)59-17-9-4-10-18-59)52-27-35-70-64(44-52)65-45-53(28-36-71(65)76(70)60-19-11-5-12-20-60)54-29-37-72-66(46-54)67-47-55(56)30-38-73(67)77(72)61-21-13-6-14-22-61/h4-5,7,9-12,15-21,23-47H,1,3,6,8,13-14,22H2,2H3/b40-39-,56-41+. The molecule has 0 amide bonds. The van der Waals surface area contributed by atoms with E-state index in [4.69, 9.17) is 0 Å². The molecule has 3 aromatic heterocycles. The topological polar surface area (TPSA) is 18.0 Å². The second kappa shape index (κ2) is 18.2. The number of fused-ring (bicyclic) bond motifs is 4. The highest BCUT2D eigenvalue weighted by Crippen LogP contribution is 2.43. The van der Waals surface area contributed by atoms with Crippen LogP contribution in [-0.4, -0.2) is 13.7 Å².